The Bertz CT molecular complexity index is 405. The number of nitrogens with zero attached hydrogens (tertiary/aromatic N) is 3. The Balaban J connectivity index is 2.80. The molecule has 2 heterocycles. The normalized spacial score (nSPS) is 10.4. The molecule has 0 bridgehead atoms. The number of nitrogens with one attached hydrogen (secondary N) is 2. The molecule has 0 aliphatic rings. The van der Waals surface area contributed by atoms with Crippen molar-refractivity contribution >= 4 is 22.8 Å². The van der Waals surface area contributed by atoms with Gasteiger partial charge in [0.15, 0.2) is 11.5 Å². The molecule has 0 fully saturated rings. The second-order valence-electron chi connectivity index (χ2n) is 2.21. The van der Waals surface area contributed by atoms with Gasteiger partial charge in [-0.15, -0.1) is 0 Å². The van der Waals surface area contributed by atoms with Gasteiger partial charge in [-0.25, -0.2) is 5.84 Å². The molecule has 0 saturated heterocycles. The minimum absolute atomic E-state index is 0.153. The zero-order valence-electron chi connectivity index (χ0n) is 6.07. The van der Waals surface area contributed by atoms with Crippen LogP contribution in [0.4, 0.5) is 11.8 Å². The lowest BCUT2D eigenvalue weighted by molar-refractivity contribution is 1.09. The highest BCUT2D eigenvalue weighted by Crippen LogP contribution is 2.16. The average molecular weight is 165 g/mol. The molecule has 2 aromatic heterocycles. The van der Waals surface area contributed by atoms with Crippen LogP contribution in [0.5, 0.6) is 0 Å². The topological polar surface area (TPSA) is 119 Å². The molecular formula is C5H7N7. The second kappa shape index (κ2) is 2.31. The average Bonchev–Trinajstić information content (AvgIpc) is 2.50. The van der Waals surface area contributed by atoms with Crippen molar-refractivity contribution in [3.8, 4) is 0 Å². The molecule has 2 rings (SSSR count). The maximum atomic E-state index is 5.39. The van der Waals surface area contributed by atoms with Gasteiger partial charge in [-0.1, -0.05) is 0 Å². The largest absolute Gasteiger partial charge is 0.368 e. The molecule has 0 aliphatic carbocycles. The lowest BCUT2D eigenvalue weighted by atomic mass is 10.4. The van der Waals surface area contributed by atoms with Gasteiger partial charge in [-0.05, 0) is 0 Å². The minimum Gasteiger partial charge on any atom is -0.368 e. The summed E-state index contributed by atoms with van der Waals surface area (Å²) in [5.74, 6) is 5.82. The third-order valence-corrected chi connectivity index (χ3v) is 1.46. The van der Waals surface area contributed by atoms with E-state index in [9.17, 15) is 0 Å². The molecule has 0 aromatic carbocycles. The highest BCUT2D eigenvalue weighted by atomic mass is 15.3. The fourth-order valence-electron chi connectivity index (χ4n) is 0.962. The van der Waals surface area contributed by atoms with Gasteiger partial charge in [-0.3, -0.25) is 5.10 Å². The van der Waals surface area contributed by atoms with Gasteiger partial charge in [0.25, 0.3) is 0 Å². The van der Waals surface area contributed by atoms with E-state index in [2.05, 4.69) is 25.6 Å². The van der Waals surface area contributed by atoms with Gasteiger partial charge in [-0.2, -0.15) is 15.1 Å². The Labute approximate surface area is 67.1 Å². The van der Waals surface area contributed by atoms with Crippen LogP contribution in [-0.4, -0.2) is 20.2 Å². The zero-order valence-corrected chi connectivity index (χ0v) is 6.07. The molecule has 0 radical (unpaired) electrons. The molecule has 62 valence electrons. The van der Waals surface area contributed by atoms with Gasteiger partial charge in [0.05, 0.1) is 11.6 Å². The van der Waals surface area contributed by atoms with Crippen LogP contribution in [0.2, 0.25) is 0 Å². The van der Waals surface area contributed by atoms with Crippen LogP contribution in [0.1, 0.15) is 0 Å². The Kier molecular flexibility index (Phi) is 1.31. The standard InChI is InChI=1S/C5H7N7/c6-5-9-3(11-7)2-1-8-12-4(2)10-5/h1H,7H2,(H4,6,8,9,10,11,12). The number of fused-ring (bicyclic) bond motifs is 1. The van der Waals surface area contributed by atoms with Gasteiger partial charge in [0, 0.05) is 0 Å². The number of nitrogen functional groups attached to an aromatic ring is 2. The molecule has 0 aliphatic heterocycles. The maximum Gasteiger partial charge on any atom is 0.224 e. The number of H-pyrrole nitrogens is 1. The maximum absolute atomic E-state index is 5.39. The third-order valence-electron chi connectivity index (χ3n) is 1.46. The van der Waals surface area contributed by atoms with Crippen molar-refractivity contribution in [2.45, 2.75) is 0 Å². The monoisotopic (exact) mass is 165 g/mol. The van der Waals surface area contributed by atoms with Crippen molar-refractivity contribution in [3.63, 3.8) is 0 Å². The molecule has 12 heavy (non-hydrogen) atoms. The van der Waals surface area contributed by atoms with Crippen molar-refractivity contribution in [1.29, 1.82) is 0 Å². The summed E-state index contributed by atoms with van der Waals surface area (Å²) in [5.41, 5.74) is 8.36. The van der Waals surface area contributed by atoms with Crippen molar-refractivity contribution < 1.29 is 0 Å². The smallest absolute Gasteiger partial charge is 0.224 e. The Morgan fingerprint density at radius 2 is 2.25 bits per heavy atom. The first-order chi connectivity index (χ1) is 5.81. The van der Waals surface area contributed by atoms with Crippen LogP contribution in [0.15, 0.2) is 6.20 Å². The molecule has 0 saturated carbocycles. The number of aromatic nitrogens is 4. The molecule has 0 spiro atoms. The highest BCUT2D eigenvalue weighted by Gasteiger charge is 2.05. The number of rotatable bonds is 1. The van der Waals surface area contributed by atoms with E-state index in [0.717, 1.165) is 0 Å². The summed E-state index contributed by atoms with van der Waals surface area (Å²) in [6, 6.07) is 0. The predicted octanol–water partition coefficient (Wildman–Crippen LogP) is -0.779. The zero-order chi connectivity index (χ0) is 8.55. The summed E-state index contributed by atoms with van der Waals surface area (Å²) >= 11 is 0. The Hall–Kier alpha value is -1.89. The fraction of sp³-hybridized carbons (Fsp3) is 0. The molecule has 6 N–H and O–H groups in total. The number of anilines is 2. The Morgan fingerprint density at radius 3 is 3.00 bits per heavy atom. The first kappa shape index (κ1) is 6.80. The van der Waals surface area contributed by atoms with E-state index in [-0.39, 0.29) is 5.95 Å². The Morgan fingerprint density at radius 1 is 1.42 bits per heavy atom. The van der Waals surface area contributed by atoms with Crippen LogP contribution in [0.25, 0.3) is 11.0 Å². The van der Waals surface area contributed by atoms with Crippen LogP contribution in [0, 0.1) is 0 Å². The SMILES string of the molecule is NNc1nc(N)nc2[nH]ncc12. The summed E-state index contributed by atoms with van der Waals surface area (Å²) in [5, 5.41) is 7.15. The number of hydrogen-bond donors (Lipinski definition) is 4. The van der Waals surface area contributed by atoms with Crippen LogP contribution in [0.3, 0.4) is 0 Å². The van der Waals surface area contributed by atoms with Crippen molar-refractivity contribution in [1.82, 2.24) is 20.2 Å². The summed E-state index contributed by atoms with van der Waals surface area (Å²) in [6.45, 7) is 0. The number of hydrazine groups is 1. The molecule has 0 unspecified atom stereocenters. The van der Waals surface area contributed by atoms with Gasteiger partial charge >= 0.3 is 0 Å². The summed E-state index contributed by atoms with van der Waals surface area (Å²) in [7, 11) is 0. The molecule has 7 nitrogen and oxygen atoms in total. The van der Waals surface area contributed by atoms with E-state index >= 15 is 0 Å². The lowest BCUT2D eigenvalue weighted by Crippen LogP contribution is -2.10. The van der Waals surface area contributed by atoms with E-state index in [1.54, 1.807) is 6.20 Å². The van der Waals surface area contributed by atoms with E-state index in [0.29, 0.717) is 16.9 Å². The van der Waals surface area contributed by atoms with Crippen LogP contribution in [-0.2, 0) is 0 Å². The second-order valence-corrected chi connectivity index (χ2v) is 2.21. The van der Waals surface area contributed by atoms with Crippen molar-refractivity contribution in [3.05, 3.63) is 6.20 Å². The minimum atomic E-state index is 0.153. The molecule has 0 atom stereocenters. The third kappa shape index (κ3) is 0.839. The number of nitrogens with two attached hydrogens (primary N) is 2. The number of aromatic amines is 1. The van der Waals surface area contributed by atoms with Gasteiger partial charge < -0.3 is 11.2 Å². The van der Waals surface area contributed by atoms with E-state index in [4.69, 9.17) is 11.6 Å². The number of hydrogen-bond acceptors (Lipinski definition) is 6. The fourth-order valence-corrected chi connectivity index (χ4v) is 0.962. The first-order valence-electron chi connectivity index (χ1n) is 3.24. The van der Waals surface area contributed by atoms with Gasteiger partial charge in [0.1, 0.15) is 0 Å². The predicted molar refractivity (Wildman–Crippen MR) is 43.9 cm³/mol. The van der Waals surface area contributed by atoms with Crippen molar-refractivity contribution in [2.24, 2.45) is 5.84 Å². The van der Waals surface area contributed by atoms with E-state index < -0.39 is 0 Å². The van der Waals surface area contributed by atoms with Gasteiger partial charge in [0.2, 0.25) is 5.95 Å². The summed E-state index contributed by atoms with van der Waals surface area (Å²) in [4.78, 5) is 7.76. The summed E-state index contributed by atoms with van der Waals surface area (Å²) < 4.78 is 0. The molecule has 2 aromatic rings. The first-order valence-corrected chi connectivity index (χ1v) is 3.24. The lowest BCUT2D eigenvalue weighted by Gasteiger charge is -1.99. The highest BCUT2D eigenvalue weighted by molar-refractivity contribution is 5.86. The van der Waals surface area contributed by atoms with Crippen molar-refractivity contribution in [2.75, 3.05) is 11.2 Å². The molecular weight excluding hydrogens is 158 g/mol. The van der Waals surface area contributed by atoms with Crippen LogP contribution >= 0.6 is 0 Å². The van der Waals surface area contributed by atoms with Crippen LogP contribution < -0.4 is 17.0 Å². The molecule has 0 amide bonds. The molecule has 7 heteroatoms. The van der Waals surface area contributed by atoms with E-state index in [1.165, 1.54) is 0 Å². The van der Waals surface area contributed by atoms with E-state index in [1.807, 2.05) is 0 Å². The summed E-state index contributed by atoms with van der Waals surface area (Å²) in [6.07, 6.45) is 1.57. The quantitative estimate of drug-likeness (QED) is 0.325.